The summed E-state index contributed by atoms with van der Waals surface area (Å²) in [6.07, 6.45) is 1.86. The highest BCUT2D eigenvalue weighted by molar-refractivity contribution is 5.90. The van der Waals surface area contributed by atoms with Crippen molar-refractivity contribution in [1.29, 1.82) is 0 Å². The quantitative estimate of drug-likeness (QED) is 0.645. The molecule has 1 aromatic heterocycles. The SMILES string of the molecule is COc1cc(NC(=O)N2CC(n3cc(COc4ccccc4)nn3)C2)cc(OC)c1. The van der Waals surface area contributed by atoms with Gasteiger partial charge in [-0.25, -0.2) is 9.48 Å². The van der Waals surface area contributed by atoms with Gasteiger partial charge in [0.15, 0.2) is 0 Å². The van der Waals surface area contributed by atoms with Crippen LogP contribution >= 0.6 is 0 Å². The molecule has 0 spiro atoms. The zero-order valence-corrected chi connectivity index (χ0v) is 16.8. The Morgan fingerprint density at radius 1 is 1.07 bits per heavy atom. The lowest BCUT2D eigenvalue weighted by Gasteiger charge is -2.38. The second-order valence-electron chi connectivity index (χ2n) is 6.88. The van der Waals surface area contributed by atoms with E-state index in [4.69, 9.17) is 14.2 Å². The average molecular weight is 409 g/mol. The average Bonchev–Trinajstić information content (AvgIpc) is 3.20. The van der Waals surface area contributed by atoms with Crippen molar-refractivity contribution < 1.29 is 19.0 Å². The van der Waals surface area contributed by atoms with E-state index in [0.717, 1.165) is 11.4 Å². The molecule has 1 N–H and O–H groups in total. The first-order valence-electron chi connectivity index (χ1n) is 9.52. The molecule has 2 amide bonds. The van der Waals surface area contributed by atoms with Crippen LogP contribution in [-0.2, 0) is 6.61 Å². The van der Waals surface area contributed by atoms with Crippen LogP contribution in [0.4, 0.5) is 10.5 Å². The summed E-state index contributed by atoms with van der Waals surface area (Å²) in [6, 6.07) is 14.7. The maximum absolute atomic E-state index is 12.5. The predicted molar refractivity (Wildman–Crippen MR) is 110 cm³/mol. The monoisotopic (exact) mass is 409 g/mol. The lowest BCUT2D eigenvalue weighted by Crippen LogP contribution is -2.52. The minimum absolute atomic E-state index is 0.0913. The molecule has 3 aromatic rings. The number of carbonyl (C=O) groups is 1. The van der Waals surface area contributed by atoms with Gasteiger partial charge in [-0.15, -0.1) is 5.10 Å². The largest absolute Gasteiger partial charge is 0.497 e. The van der Waals surface area contributed by atoms with Crippen LogP contribution in [0, 0.1) is 0 Å². The first kappa shape index (κ1) is 19.6. The maximum atomic E-state index is 12.5. The van der Waals surface area contributed by atoms with Crippen LogP contribution in [0.5, 0.6) is 17.2 Å². The topological polar surface area (TPSA) is 90.7 Å². The summed E-state index contributed by atoms with van der Waals surface area (Å²) in [4.78, 5) is 14.2. The number of likely N-dealkylation sites (tertiary alicyclic amines) is 1. The van der Waals surface area contributed by atoms with Gasteiger partial charge in [0.2, 0.25) is 0 Å². The highest BCUT2D eigenvalue weighted by Crippen LogP contribution is 2.27. The van der Waals surface area contributed by atoms with E-state index in [9.17, 15) is 4.79 Å². The number of hydrogen-bond acceptors (Lipinski definition) is 6. The van der Waals surface area contributed by atoms with Gasteiger partial charge in [0.05, 0.1) is 26.5 Å². The summed E-state index contributed by atoms with van der Waals surface area (Å²) in [6.45, 7) is 1.45. The molecule has 1 aliphatic rings. The van der Waals surface area contributed by atoms with Gasteiger partial charge in [0, 0.05) is 37.0 Å². The number of nitrogens with zero attached hydrogens (tertiary/aromatic N) is 4. The first-order chi connectivity index (χ1) is 14.6. The van der Waals surface area contributed by atoms with E-state index < -0.39 is 0 Å². The Bertz CT molecular complexity index is 979. The number of rotatable bonds is 7. The minimum atomic E-state index is -0.186. The molecule has 0 atom stereocenters. The molecule has 30 heavy (non-hydrogen) atoms. The number of ether oxygens (including phenoxy) is 3. The summed E-state index contributed by atoms with van der Waals surface area (Å²) in [5.41, 5.74) is 1.35. The zero-order chi connectivity index (χ0) is 20.9. The number of para-hydroxylation sites is 1. The van der Waals surface area contributed by atoms with Crippen LogP contribution in [0.2, 0.25) is 0 Å². The number of amides is 2. The van der Waals surface area contributed by atoms with Gasteiger partial charge < -0.3 is 24.4 Å². The van der Waals surface area contributed by atoms with E-state index in [-0.39, 0.29) is 12.1 Å². The minimum Gasteiger partial charge on any atom is -0.497 e. The number of aromatic nitrogens is 3. The molecule has 0 radical (unpaired) electrons. The molecule has 0 aliphatic carbocycles. The van der Waals surface area contributed by atoms with Crippen LogP contribution in [0.1, 0.15) is 11.7 Å². The molecule has 0 saturated carbocycles. The van der Waals surface area contributed by atoms with Crippen molar-refractivity contribution in [3.8, 4) is 17.2 Å². The van der Waals surface area contributed by atoms with Crippen molar-refractivity contribution in [3.63, 3.8) is 0 Å². The fourth-order valence-electron chi connectivity index (χ4n) is 3.10. The van der Waals surface area contributed by atoms with Crippen molar-refractivity contribution in [2.45, 2.75) is 12.6 Å². The van der Waals surface area contributed by atoms with Gasteiger partial charge in [-0.2, -0.15) is 0 Å². The van der Waals surface area contributed by atoms with E-state index in [0.29, 0.717) is 36.9 Å². The molecule has 2 aromatic carbocycles. The van der Waals surface area contributed by atoms with Crippen LogP contribution in [-0.4, -0.2) is 53.2 Å². The molecule has 1 saturated heterocycles. The standard InChI is InChI=1S/C21H23N5O4/c1-28-19-8-15(9-20(10-19)29-2)22-21(27)25-12-17(13-25)26-11-16(23-24-26)14-30-18-6-4-3-5-7-18/h3-11,17H,12-14H2,1-2H3,(H,22,27). The van der Waals surface area contributed by atoms with Crippen molar-refractivity contribution in [2.75, 3.05) is 32.6 Å². The third-order valence-electron chi connectivity index (χ3n) is 4.81. The molecule has 4 rings (SSSR count). The summed E-state index contributed by atoms with van der Waals surface area (Å²) >= 11 is 0. The van der Waals surface area contributed by atoms with Crippen molar-refractivity contribution >= 4 is 11.7 Å². The lowest BCUT2D eigenvalue weighted by atomic mass is 10.1. The summed E-state index contributed by atoms with van der Waals surface area (Å²) in [5, 5.41) is 11.2. The summed E-state index contributed by atoms with van der Waals surface area (Å²) in [5.74, 6) is 2.01. The second-order valence-corrected chi connectivity index (χ2v) is 6.88. The Morgan fingerprint density at radius 3 is 2.43 bits per heavy atom. The predicted octanol–water partition coefficient (Wildman–Crippen LogP) is 2.96. The smallest absolute Gasteiger partial charge is 0.321 e. The number of urea groups is 1. The fraction of sp³-hybridized carbons (Fsp3) is 0.286. The molecule has 156 valence electrons. The van der Waals surface area contributed by atoms with Gasteiger partial charge in [-0.3, -0.25) is 0 Å². The van der Waals surface area contributed by atoms with Crippen molar-refractivity contribution in [2.24, 2.45) is 0 Å². The Hall–Kier alpha value is -3.75. The summed E-state index contributed by atoms with van der Waals surface area (Å²) < 4.78 is 17.9. The number of nitrogens with one attached hydrogen (secondary N) is 1. The van der Waals surface area contributed by atoms with E-state index in [2.05, 4.69) is 15.6 Å². The Balaban J connectivity index is 1.29. The van der Waals surface area contributed by atoms with Crippen LogP contribution < -0.4 is 19.5 Å². The third-order valence-corrected chi connectivity index (χ3v) is 4.81. The Morgan fingerprint density at radius 2 is 1.77 bits per heavy atom. The van der Waals surface area contributed by atoms with E-state index in [1.165, 1.54) is 0 Å². The van der Waals surface area contributed by atoms with Gasteiger partial charge in [-0.05, 0) is 12.1 Å². The molecule has 0 bridgehead atoms. The van der Waals surface area contributed by atoms with E-state index >= 15 is 0 Å². The number of benzene rings is 2. The molecule has 2 heterocycles. The lowest BCUT2D eigenvalue weighted by molar-refractivity contribution is 0.127. The van der Waals surface area contributed by atoms with Gasteiger partial charge >= 0.3 is 6.03 Å². The molecule has 1 fully saturated rings. The number of anilines is 1. The third kappa shape index (κ3) is 4.45. The Labute approximate surface area is 174 Å². The number of methoxy groups -OCH3 is 2. The van der Waals surface area contributed by atoms with Crippen LogP contribution in [0.25, 0.3) is 0 Å². The highest BCUT2D eigenvalue weighted by atomic mass is 16.5. The molecule has 9 nitrogen and oxygen atoms in total. The van der Waals surface area contributed by atoms with Crippen LogP contribution in [0.15, 0.2) is 54.7 Å². The maximum Gasteiger partial charge on any atom is 0.321 e. The van der Waals surface area contributed by atoms with Gasteiger partial charge in [0.1, 0.15) is 29.5 Å². The highest BCUT2D eigenvalue weighted by Gasteiger charge is 2.33. The first-order valence-corrected chi connectivity index (χ1v) is 9.52. The number of carbonyl (C=O) groups excluding carboxylic acids is 1. The Kier molecular flexibility index (Phi) is 5.69. The fourth-order valence-corrected chi connectivity index (χ4v) is 3.10. The van der Waals surface area contributed by atoms with Gasteiger partial charge in [-0.1, -0.05) is 23.4 Å². The molecular weight excluding hydrogens is 386 g/mol. The second kappa shape index (κ2) is 8.73. The summed E-state index contributed by atoms with van der Waals surface area (Å²) in [7, 11) is 3.13. The van der Waals surface area contributed by atoms with Crippen molar-refractivity contribution in [3.05, 3.63) is 60.4 Å². The molecule has 1 aliphatic heterocycles. The zero-order valence-electron chi connectivity index (χ0n) is 16.8. The van der Waals surface area contributed by atoms with E-state index in [1.54, 1.807) is 42.0 Å². The van der Waals surface area contributed by atoms with Crippen LogP contribution in [0.3, 0.4) is 0 Å². The number of hydrogen-bond donors (Lipinski definition) is 1. The van der Waals surface area contributed by atoms with Crippen molar-refractivity contribution in [1.82, 2.24) is 19.9 Å². The van der Waals surface area contributed by atoms with Gasteiger partial charge in [0.25, 0.3) is 0 Å². The van der Waals surface area contributed by atoms with E-state index in [1.807, 2.05) is 36.5 Å². The molecule has 9 heteroatoms. The molecular formula is C21H23N5O4. The normalized spacial score (nSPS) is 13.5. The molecule has 0 unspecified atom stereocenters.